The Balaban J connectivity index is 1.80. The van der Waals surface area contributed by atoms with Crippen LogP contribution in [0.5, 0.6) is 0 Å². The molecule has 1 aromatic heterocycles. The summed E-state index contributed by atoms with van der Waals surface area (Å²) >= 11 is 5.58. The van der Waals surface area contributed by atoms with Gasteiger partial charge in [0.15, 0.2) is 12.4 Å². The van der Waals surface area contributed by atoms with Crippen LogP contribution in [-0.4, -0.2) is 16.0 Å². The van der Waals surface area contributed by atoms with Gasteiger partial charge in [-0.2, -0.15) is 4.57 Å². The van der Waals surface area contributed by atoms with E-state index >= 15 is 0 Å². The largest absolute Gasteiger partial charge is 0.362 e. The van der Waals surface area contributed by atoms with E-state index in [-0.39, 0.29) is 10.8 Å². The van der Waals surface area contributed by atoms with Gasteiger partial charge >= 0.3 is 0 Å². The summed E-state index contributed by atoms with van der Waals surface area (Å²) in [7, 11) is 0. The number of aromatic nitrogens is 1. The van der Waals surface area contributed by atoms with Gasteiger partial charge in [0.2, 0.25) is 11.8 Å². The number of pyridine rings is 1. The molecule has 4 nitrogen and oxygen atoms in total. The van der Waals surface area contributed by atoms with Crippen LogP contribution in [0.4, 0.5) is 4.39 Å². The normalized spacial score (nSPS) is 22.6. The lowest BCUT2D eigenvalue weighted by atomic mass is 9.74. The smallest absolute Gasteiger partial charge is 0.227 e. The third-order valence-corrected chi connectivity index (χ3v) is 6.53. The Bertz CT molecular complexity index is 1400. The fourth-order valence-corrected chi connectivity index (χ4v) is 4.99. The summed E-state index contributed by atoms with van der Waals surface area (Å²) in [5.74, 6) is 1.58. The molecule has 3 aromatic carbocycles. The van der Waals surface area contributed by atoms with Gasteiger partial charge in [-0.05, 0) is 35.0 Å². The zero-order chi connectivity index (χ0) is 23.0. The van der Waals surface area contributed by atoms with Crippen LogP contribution >= 0.6 is 12.2 Å². The number of aliphatic hydroxyl groups is 1. The average Bonchev–Trinajstić information content (AvgIpc) is 2.84. The molecule has 0 spiro atoms. The van der Waals surface area contributed by atoms with Crippen molar-refractivity contribution < 1.29 is 14.1 Å². The van der Waals surface area contributed by atoms with Crippen molar-refractivity contribution in [2.24, 2.45) is 0 Å². The van der Waals surface area contributed by atoms with Crippen molar-refractivity contribution in [1.29, 1.82) is 5.41 Å². The van der Waals surface area contributed by atoms with E-state index in [1.165, 1.54) is 12.1 Å². The maximum Gasteiger partial charge on any atom is 0.227 e. The predicted octanol–water partition coefficient (Wildman–Crippen LogP) is 4.54. The Kier molecular flexibility index (Phi) is 5.35. The molecular weight excluding hydrogens is 433 g/mol. The summed E-state index contributed by atoms with van der Waals surface area (Å²) in [6, 6.07) is 24.7. The maximum absolute atomic E-state index is 13.8. The lowest BCUT2D eigenvalue weighted by molar-refractivity contribution is -0.742. The van der Waals surface area contributed by atoms with Gasteiger partial charge in [-0.3, -0.25) is 5.41 Å². The van der Waals surface area contributed by atoms with Crippen LogP contribution in [0, 0.1) is 11.2 Å². The first-order valence-electron chi connectivity index (χ1n) is 10.6. The molecule has 0 aliphatic carbocycles. The minimum atomic E-state index is -1.59. The van der Waals surface area contributed by atoms with Crippen LogP contribution < -0.4 is 9.88 Å². The Morgan fingerprint density at radius 1 is 0.939 bits per heavy atom. The van der Waals surface area contributed by atoms with E-state index in [0.29, 0.717) is 11.1 Å². The second kappa shape index (κ2) is 8.34. The van der Waals surface area contributed by atoms with E-state index in [0.717, 1.165) is 16.3 Å². The van der Waals surface area contributed by atoms with Crippen molar-refractivity contribution in [3.05, 3.63) is 120 Å². The second-order valence-electron chi connectivity index (χ2n) is 8.12. The number of rotatable bonds is 3. The Labute approximate surface area is 196 Å². The van der Waals surface area contributed by atoms with E-state index in [1.54, 1.807) is 12.1 Å². The summed E-state index contributed by atoms with van der Waals surface area (Å²) in [4.78, 5) is 0.239. The third kappa shape index (κ3) is 3.64. The molecule has 1 fully saturated rings. The van der Waals surface area contributed by atoms with Crippen LogP contribution in [0.2, 0.25) is 0 Å². The summed E-state index contributed by atoms with van der Waals surface area (Å²) in [6.07, 6.45) is 3.89. The number of hydrogen-bond acceptors (Lipinski definition) is 3. The van der Waals surface area contributed by atoms with Crippen molar-refractivity contribution in [1.82, 2.24) is 5.32 Å². The monoisotopic (exact) mass is 454 g/mol. The minimum absolute atomic E-state index is 0.239. The predicted molar refractivity (Wildman–Crippen MR) is 130 cm³/mol. The summed E-state index contributed by atoms with van der Waals surface area (Å²) in [5.41, 5.74) is 0.206. The number of thiocarbonyl (C=S) groups is 1. The van der Waals surface area contributed by atoms with Gasteiger partial charge in [0.25, 0.3) is 0 Å². The SMILES string of the molecule is N=C=C1C(=S)NC(O)(c2ccccc2)C([n+]2ccc3ccccc3c2)C1c1ccc(F)cc1. The first-order chi connectivity index (χ1) is 16.0. The van der Waals surface area contributed by atoms with E-state index < -0.39 is 17.7 Å². The van der Waals surface area contributed by atoms with Gasteiger partial charge in [-0.25, -0.2) is 4.39 Å². The lowest BCUT2D eigenvalue weighted by Gasteiger charge is -2.43. The molecule has 162 valence electrons. The van der Waals surface area contributed by atoms with E-state index in [9.17, 15) is 9.50 Å². The number of hydrogen-bond donors (Lipinski definition) is 3. The number of nitrogens with zero attached hydrogens (tertiary/aromatic N) is 1. The molecule has 2 heterocycles. The Morgan fingerprint density at radius 3 is 2.30 bits per heavy atom. The van der Waals surface area contributed by atoms with Crippen molar-refractivity contribution in [2.45, 2.75) is 17.7 Å². The fourth-order valence-electron chi connectivity index (χ4n) is 4.65. The van der Waals surface area contributed by atoms with E-state index in [2.05, 4.69) is 11.2 Å². The molecule has 6 heteroatoms. The van der Waals surface area contributed by atoms with Gasteiger partial charge in [0, 0.05) is 17.0 Å². The summed E-state index contributed by atoms with van der Waals surface area (Å²) < 4.78 is 15.7. The molecule has 0 bridgehead atoms. The molecule has 3 atom stereocenters. The standard InChI is InChI=1S/C27H20FN3OS/c28-22-12-10-19(11-13-22)24-23(16-29)26(33)30-27(32,21-8-2-1-3-9-21)25(24)31-15-14-18-6-4-5-7-20(18)17-31/h1-15,17,24-25,29,32H/p+1. The van der Waals surface area contributed by atoms with Crippen LogP contribution in [0.15, 0.2) is 103 Å². The molecule has 0 saturated carbocycles. The molecule has 0 radical (unpaired) electrons. The average molecular weight is 455 g/mol. The topological polar surface area (TPSA) is 60.0 Å². The number of piperidine rings is 1. The zero-order valence-corrected chi connectivity index (χ0v) is 18.4. The van der Waals surface area contributed by atoms with Gasteiger partial charge in [-0.15, -0.1) is 0 Å². The molecule has 1 aliphatic rings. The van der Waals surface area contributed by atoms with Crippen molar-refractivity contribution in [3.63, 3.8) is 0 Å². The molecule has 4 aromatic rings. The van der Waals surface area contributed by atoms with Crippen LogP contribution in [0.3, 0.4) is 0 Å². The number of fused-ring (bicyclic) bond motifs is 1. The van der Waals surface area contributed by atoms with Crippen LogP contribution in [-0.2, 0) is 5.72 Å². The molecule has 33 heavy (non-hydrogen) atoms. The quantitative estimate of drug-likeness (QED) is 0.184. The Hall–Kier alpha value is -3.70. The molecule has 3 N–H and O–H groups in total. The summed E-state index contributed by atoms with van der Waals surface area (Å²) in [6.45, 7) is 0. The summed E-state index contributed by atoms with van der Waals surface area (Å²) in [5, 5.41) is 25.3. The van der Waals surface area contributed by atoms with Crippen LogP contribution in [0.1, 0.15) is 23.1 Å². The second-order valence-corrected chi connectivity index (χ2v) is 8.53. The molecule has 1 aliphatic heterocycles. The molecule has 0 amide bonds. The fraction of sp³-hybridized carbons (Fsp3) is 0.111. The van der Waals surface area contributed by atoms with Crippen LogP contribution in [0.25, 0.3) is 10.8 Å². The number of benzene rings is 3. The number of halogens is 1. The van der Waals surface area contributed by atoms with Gasteiger partial charge in [0.1, 0.15) is 10.8 Å². The molecule has 5 rings (SSSR count). The molecule has 3 unspecified atom stereocenters. The molecule has 1 saturated heterocycles. The highest BCUT2D eigenvalue weighted by atomic mass is 32.1. The highest BCUT2D eigenvalue weighted by molar-refractivity contribution is 7.80. The minimum Gasteiger partial charge on any atom is -0.362 e. The van der Waals surface area contributed by atoms with Crippen molar-refractivity contribution in [3.8, 4) is 0 Å². The highest BCUT2D eigenvalue weighted by Crippen LogP contribution is 2.45. The van der Waals surface area contributed by atoms with Gasteiger partial charge in [-0.1, -0.05) is 72.9 Å². The number of nitrogens with one attached hydrogen (secondary N) is 2. The maximum atomic E-state index is 13.8. The van der Waals surface area contributed by atoms with Crippen molar-refractivity contribution in [2.75, 3.05) is 0 Å². The lowest BCUT2D eigenvalue weighted by Crippen LogP contribution is -2.65. The van der Waals surface area contributed by atoms with E-state index in [4.69, 9.17) is 17.6 Å². The molecular formula is C27H21FN3OS+. The highest BCUT2D eigenvalue weighted by Gasteiger charge is 2.56. The first-order valence-corrected chi connectivity index (χ1v) is 11.0. The Morgan fingerprint density at radius 2 is 1.61 bits per heavy atom. The van der Waals surface area contributed by atoms with Gasteiger partial charge in [0.05, 0.1) is 11.5 Å². The zero-order valence-electron chi connectivity index (χ0n) is 17.6. The van der Waals surface area contributed by atoms with Gasteiger partial charge < -0.3 is 10.4 Å². The van der Waals surface area contributed by atoms with E-state index in [1.807, 2.05) is 77.6 Å². The third-order valence-electron chi connectivity index (χ3n) is 6.21. The van der Waals surface area contributed by atoms with Crippen molar-refractivity contribution >= 4 is 33.8 Å². The first kappa shape index (κ1) is 21.2.